The largest absolute Gasteiger partial charge is 0.368 e. The van der Waals surface area contributed by atoms with Gasteiger partial charge in [0.1, 0.15) is 36.6 Å². The van der Waals surface area contributed by atoms with E-state index < -0.39 is 11.6 Å². The van der Waals surface area contributed by atoms with Crippen molar-refractivity contribution in [3.05, 3.63) is 71.8 Å². The Morgan fingerprint density at radius 3 is 1.18 bits per heavy atom. The molecule has 2 aromatic carbocycles. The third kappa shape index (κ3) is 4.85. The maximum absolute atomic E-state index is 6.90. The monoisotopic (exact) mass is 520 g/mol. The molecule has 6 atom stereocenters. The van der Waals surface area contributed by atoms with Gasteiger partial charge in [-0.1, -0.05) is 73.5 Å². The second-order valence-corrected chi connectivity index (χ2v) is 11.8. The van der Waals surface area contributed by atoms with E-state index in [1.807, 2.05) is 12.1 Å². The Bertz CT molecular complexity index is 935. The highest BCUT2D eigenvalue weighted by Gasteiger charge is 2.66. The first-order valence-electron chi connectivity index (χ1n) is 14.8. The van der Waals surface area contributed by atoms with Gasteiger partial charge in [-0.15, -0.1) is 0 Å². The van der Waals surface area contributed by atoms with Gasteiger partial charge >= 0.3 is 0 Å². The van der Waals surface area contributed by atoms with Crippen molar-refractivity contribution < 1.29 is 28.4 Å². The third-order valence-corrected chi connectivity index (χ3v) is 9.15. The smallest absolute Gasteiger partial charge is 0.169 e. The van der Waals surface area contributed by atoms with Crippen molar-refractivity contribution in [3.63, 3.8) is 0 Å². The molecule has 2 aliphatic heterocycles. The molecular weight excluding hydrogens is 480 g/mol. The molecule has 6 heteroatoms. The zero-order chi connectivity index (χ0) is 25.4. The molecule has 5 fully saturated rings. The molecule has 204 valence electrons. The fraction of sp³-hybridized carbons (Fsp3) is 0.625. The Hall–Kier alpha value is -1.80. The van der Waals surface area contributed by atoms with Crippen LogP contribution in [0.15, 0.2) is 60.7 Å². The van der Waals surface area contributed by atoms with Crippen LogP contribution in [0.2, 0.25) is 0 Å². The zero-order valence-corrected chi connectivity index (χ0v) is 22.2. The molecule has 6 nitrogen and oxygen atoms in total. The van der Waals surface area contributed by atoms with Crippen molar-refractivity contribution in [2.75, 3.05) is 0 Å². The average molecular weight is 521 g/mol. The van der Waals surface area contributed by atoms with Crippen LogP contribution in [0, 0.1) is 0 Å². The molecule has 0 bridgehead atoms. The summed E-state index contributed by atoms with van der Waals surface area (Å²) < 4.78 is 41.0. The van der Waals surface area contributed by atoms with Crippen LogP contribution in [-0.4, -0.2) is 48.2 Å². The molecule has 2 spiro atoms. The summed E-state index contributed by atoms with van der Waals surface area (Å²) in [5.41, 5.74) is 2.28. The molecule has 5 aliphatic rings. The van der Waals surface area contributed by atoms with Gasteiger partial charge in [-0.05, 0) is 36.8 Å². The summed E-state index contributed by atoms with van der Waals surface area (Å²) in [4.78, 5) is 0. The third-order valence-electron chi connectivity index (χ3n) is 9.15. The number of benzene rings is 2. The standard InChI is InChI=1S/C32H40O6/c1-5-13-23(14-6-1)21-33-25-27-29(37-31(35-27)17-9-3-10-18-31)26(34-22-24-15-7-2-8-16-24)30-28(25)36-32(38-30)19-11-4-12-20-32/h1-2,5-8,13-16,25-30H,3-4,9-12,17-22H2/t25-,26-,27-,28-,29-,30+/m0/s1. The fourth-order valence-electron chi connectivity index (χ4n) is 7.27. The Balaban J connectivity index is 1.20. The van der Waals surface area contributed by atoms with Crippen LogP contribution in [0.5, 0.6) is 0 Å². The normalized spacial score (nSPS) is 35.3. The highest BCUT2D eigenvalue weighted by Crippen LogP contribution is 2.52. The molecule has 7 rings (SSSR count). The van der Waals surface area contributed by atoms with Gasteiger partial charge < -0.3 is 28.4 Å². The van der Waals surface area contributed by atoms with Gasteiger partial charge in [0.15, 0.2) is 11.6 Å². The quantitative estimate of drug-likeness (QED) is 0.462. The summed E-state index contributed by atoms with van der Waals surface area (Å²) in [6.07, 6.45) is 8.96. The molecule has 3 aliphatic carbocycles. The summed E-state index contributed by atoms with van der Waals surface area (Å²) in [5, 5.41) is 0. The van der Waals surface area contributed by atoms with Crippen LogP contribution >= 0.6 is 0 Å². The maximum atomic E-state index is 6.90. The number of hydrogen-bond acceptors (Lipinski definition) is 6. The molecule has 3 saturated carbocycles. The molecule has 0 radical (unpaired) electrons. The van der Waals surface area contributed by atoms with Crippen LogP contribution in [-0.2, 0) is 41.6 Å². The van der Waals surface area contributed by atoms with Crippen LogP contribution in [0.1, 0.15) is 75.3 Å². The van der Waals surface area contributed by atoms with E-state index in [2.05, 4.69) is 48.5 Å². The summed E-state index contributed by atoms with van der Waals surface area (Å²) in [7, 11) is 0. The fourth-order valence-corrected chi connectivity index (χ4v) is 7.27. The second kappa shape index (κ2) is 10.6. The van der Waals surface area contributed by atoms with E-state index in [1.165, 1.54) is 12.8 Å². The molecule has 0 N–H and O–H groups in total. The van der Waals surface area contributed by atoms with Crippen molar-refractivity contribution in [2.45, 2.75) is 126 Å². The van der Waals surface area contributed by atoms with E-state index in [4.69, 9.17) is 28.4 Å². The SMILES string of the molecule is c1ccc(CO[C@@H]2[C@H]3OC4(CCCCC4)O[C@H]3[C@@H](OCc3ccccc3)[C@@H]3OC4(CCCCC4)O[C@@H]23)cc1. The molecular formula is C32H40O6. The van der Waals surface area contributed by atoms with Crippen LogP contribution in [0.3, 0.4) is 0 Å². The van der Waals surface area contributed by atoms with Gasteiger partial charge in [0, 0.05) is 25.7 Å². The van der Waals surface area contributed by atoms with E-state index in [9.17, 15) is 0 Å². The molecule has 2 saturated heterocycles. The minimum Gasteiger partial charge on any atom is -0.368 e. The van der Waals surface area contributed by atoms with Crippen molar-refractivity contribution in [2.24, 2.45) is 0 Å². The van der Waals surface area contributed by atoms with Crippen LogP contribution < -0.4 is 0 Å². The van der Waals surface area contributed by atoms with Gasteiger partial charge in [0.2, 0.25) is 0 Å². The molecule has 2 heterocycles. The Labute approximate surface area is 225 Å². The number of hydrogen-bond donors (Lipinski definition) is 0. The van der Waals surface area contributed by atoms with E-state index in [0.29, 0.717) is 13.2 Å². The Kier molecular flexibility index (Phi) is 7.05. The molecule has 2 aromatic rings. The first kappa shape index (κ1) is 25.2. The number of fused-ring (bicyclic) bond motifs is 2. The second-order valence-electron chi connectivity index (χ2n) is 11.8. The highest BCUT2D eigenvalue weighted by molar-refractivity contribution is 5.16. The van der Waals surface area contributed by atoms with Gasteiger partial charge in [-0.3, -0.25) is 0 Å². The first-order chi connectivity index (χ1) is 18.7. The lowest BCUT2D eigenvalue weighted by Crippen LogP contribution is -2.62. The topological polar surface area (TPSA) is 55.4 Å². The lowest BCUT2D eigenvalue weighted by atomic mass is 9.84. The zero-order valence-electron chi connectivity index (χ0n) is 22.2. The van der Waals surface area contributed by atoms with Gasteiger partial charge in [-0.2, -0.15) is 0 Å². The Morgan fingerprint density at radius 2 is 0.842 bits per heavy atom. The predicted molar refractivity (Wildman–Crippen MR) is 141 cm³/mol. The van der Waals surface area contributed by atoms with Crippen molar-refractivity contribution >= 4 is 0 Å². The average Bonchev–Trinajstić information content (AvgIpc) is 3.50. The van der Waals surface area contributed by atoms with Crippen molar-refractivity contribution in [3.8, 4) is 0 Å². The number of rotatable bonds is 6. The van der Waals surface area contributed by atoms with E-state index in [1.54, 1.807) is 0 Å². The van der Waals surface area contributed by atoms with Gasteiger partial charge in [-0.25, -0.2) is 0 Å². The van der Waals surface area contributed by atoms with E-state index in [0.717, 1.165) is 62.5 Å². The summed E-state index contributed by atoms with van der Waals surface area (Å²) in [6, 6.07) is 20.7. The summed E-state index contributed by atoms with van der Waals surface area (Å²) in [5.74, 6) is -1.12. The first-order valence-corrected chi connectivity index (χ1v) is 14.8. The van der Waals surface area contributed by atoms with Crippen molar-refractivity contribution in [1.29, 1.82) is 0 Å². The van der Waals surface area contributed by atoms with Gasteiger partial charge in [0.05, 0.1) is 13.2 Å². The lowest BCUT2D eigenvalue weighted by Gasteiger charge is -2.42. The molecule has 38 heavy (non-hydrogen) atoms. The number of ether oxygens (including phenoxy) is 6. The predicted octanol–water partition coefficient (Wildman–Crippen LogP) is 6.06. The highest BCUT2D eigenvalue weighted by atomic mass is 16.8. The van der Waals surface area contributed by atoms with Gasteiger partial charge in [0.25, 0.3) is 0 Å². The molecule has 0 aromatic heterocycles. The van der Waals surface area contributed by atoms with Crippen molar-refractivity contribution in [1.82, 2.24) is 0 Å². The maximum Gasteiger partial charge on any atom is 0.169 e. The van der Waals surface area contributed by atoms with Crippen LogP contribution in [0.4, 0.5) is 0 Å². The van der Waals surface area contributed by atoms with E-state index in [-0.39, 0.29) is 36.6 Å². The molecule has 0 amide bonds. The van der Waals surface area contributed by atoms with E-state index >= 15 is 0 Å². The lowest BCUT2D eigenvalue weighted by molar-refractivity contribution is -0.229. The summed E-state index contributed by atoms with van der Waals surface area (Å²) >= 11 is 0. The molecule has 0 unspecified atom stereocenters. The van der Waals surface area contributed by atoms with Crippen LogP contribution in [0.25, 0.3) is 0 Å². The summed E-state index contributed by atoms with van der Waals surface area (Å²) in [6.45, 7) is 1.00. The minimum absolute atomic E-state index is 0.263. The minimum atomic E-state index is -0.558. The Morgan fingerprint density at radius 1 is 0.500 bits per heavy atom.